The first-order valence-electron chi connectivity index (χ1n) is 26.4. The summed E-state index contributed by atoms with van der Waals surface area (Å²) in [5, 5.41) is 81.4. The van der Waals surface area contributed by atoms with Gasteiger partial charge in [-0.1, -0.05) is 12.1 Å². The van der Waals surface area contributed by atoms with Gasteiger partial charge in [-0.15, -0.1) is 0 Å². The van der Waals surface area contributed by atoms with Gasteiger partial charge in [-0.05, 0) is 118 Å². The highest BCUT2D eigenvalue weighted by Crippen LogP contribution is 2.40. The van der Waals surface area contributed by atoms with E-state index in [1.165, 1.54) is 56.4 Å². The third-order valence-corrected chi connectivity index (χ3v) is 14.5. The molecule has 1 saturated heterocycles. The fourth-order valence-corrected chi connectivity index (χ4v) is 10.8. The lowest BCUT2D eigenvalue weighted by molar-refractivity contribution is -0.387. The normalized spacial score (nSPS) is 26.1. The summed E-state index contributed by atoms with van der Waals surface area (Å²) in [5.74, 6) is -2.82. The topological polar surface area (TPSA) is 415 Å². The molecule has 5 amide bonds. The average Bonchev–Trinajstić information content (AvgIpc) is 3.39. The molecule has 5 rings (SSSR count). The third-order valence-electron chi connectivity index (χ3n) is 12.9. The number of nitrogens with one attached hydrogen (secondary N) is 5. The van der Waals surface area contributed by atoms with Crippen LogP contribution in [-0.4, -0.2) is 184 Å². The average molecular weight is 1200 g/mol. The van der Waals surface area contributed by atoms with Crippen LogP contribution in [0.2, 0.25) is 0 Å². The minimum absolute atomic E-state index is 0.0797. The predicted molar refractivity (Wildman–Crippen MR) is 289 cm³/mol. The first-order valence-corrected chi connectivity index (χ1v) is 27.9. The standard InChI is InChI=1S/C52H76N8O22S/c1-49(2,3)80-46(66)53-23-22-35(61)43(64)55-33-24-32(56-47(67)81-50(4,5)6)37(38(62)41(33)79-44-39(63)42(52(10,69)27-77-44)58(11)48(68)82-51(7,8)9)40-31(57-83(74,75)36-15-13-12-14-34(36)60(72)73)21-20-30(78-40)25-54-45(65)76-26-28-16-18-29(19-17-28)59(70)71/h12-20,31-33,35,37-42,44,57,61-63,69H,21-27H2,1-11H3,(H,53,66)(H,54,65)(H,55,64)(H,56,67)/t31-,32+,33-,35+,37-,38+,39-,40?,41+,42-,44-,52+/m1/s1. The Kier molecular flexibility index (Phi) is 21.8. The van der Waals surface area contributed by atoms with Gasteiger partial charge in [-0.2, -0.15) is 0 Å². The zero-order valence-electron chi connectivity index (χ0n) is 47.9. The van der Waals surface area contributed by atoms with Crippen LogP contribution >= 0.6 is 0 Å². The molecule has 0 spiro atoms. The highest BCUT2D eigenvalue weighted by Gasteiger charge is 2.57. The van der Waals surface area contributed by atoms with E-state index >= 15 is 0 Å². The van der Waals surface area contributed by atoms with Gasteiger partial charge in [-0.3, -0.25) is 25.0 Å². The Labute approximate surface area is 479 Å². The van der Waals surface area contributed by atoms with Crippen molar-refractivity contribution in [3.8, 4) is 0 Å². The van der Waals surface area contributed by atoms with Crippen LogP contribution in [0.5, 0.6) is 0 Å². The van der Waals surface area contributed by atoms with Crippen LogP contribution in [0.25, 0.3) is 0 Å². The van der Waals surface area contributed by atoms with Gasteiger partial charge in [0.15, 0.2) is 11.2 Å². The number of aliphatic hydroxyl groups is 4. The first kappa shape index (κ1) is 66.8. The van der Waals surface area contributed by atoms with Crippen LogP contribution in [-0.2, 0) is 54.6 Å². The van der Waals surface area contributed by atoms with Gasteiger partial charge in [0.05, 0.1) is 47.2 Å². The van der Waals surface area contributed by atoms with Gasteiger partial charge in [0, 0.05) is 43.8 Å². The Hall–Kier alpha value is -7.00. The molecular formula is C52H76N8O22S. The summed E-state index contributed by atoms with van der Waals surface area (Å²) in [6.07, 6.45) is -15.2. The zero-order valence-corrected chi connectivity index (χ0v) is 48.7. The van der Waals surface area contributed by atoms with Gasteiger partial charge in [-0.25, -0.2) is 32.3 Å². The number of carbonyl (C=O) groups is 5. The second-order valence-electron chi connectivity index (χ2n) is 23.4. The number of nitrogens with zero attached hydrogens (tertiary/aromatic N) is 3. The molecule has 2 aliphatic heterocycles. The Morgan fingerprint density at radius 1 is 0.819 bits per heavy atom. The molecule has 9 N–H and O–H groups in total. The number of sulfonamides is 1. The third kappa shape index (κ3) is 19.0. The van der Waals surface area contributed by atoms with Crippen LogP contribution in [0.3, 0.4) is 0 Å². The lowest BCUT2D eigenvalue weighted by Gasteiger charge is -2.52. The van der Waals surface area contributed by atoms with Crippen LogP contribution in [0, 0.1) is 26.1 Å². The lowest BCUT2D eigenvalue weighted by atomic mass is 9.72. The van der Waals surface area contributed by atoms with E-state index in [0.29, 0.717) is 5.56 Å². The Bertz CT molecular complexity index is 2800. The number of nitro groups is 2. The molecule has 0 bridgehead atoms. The summed E-state index contributed by atoms with van der Waals surface area (Å²) in [4.78, 5) is 88.8. The number of carbonyl (C=O) groups excluding carboxylic acids is 5. The van der Waals surface area contributed by atoms with Gasteiger partial charge in [0.1, 0.15) is 59.2 Å². The van der Waals surface area contributed by atoms with Crippen molar-refractivity contribution in [1.82, 2.24) is 30.9 Å². The van der Waals surface area contributed by atoms with Gasteiger partial charge < -0.3 is 79.8 Å². The molecular weight excluding hydrogens is 1120 g/mol. The highest BCUT2D eigenvalue weighted by atomic mass is 32.2. The molecule has 83 heavy (non-hydrogen) atoms. The number of amides is 5. The molecule has 2 aromatic carbocycles. The van der Waals surface area contributed by atoms with E-state index in [2.05, 4.69) is 26.0 Å². The highest BCUT2D eigenvalue weighted by molar-refractivity contribution is 7.89. The van der Waals surface area contributed by atoms with E-state index in [0.717, 1.165) is 17.0 Å². The molecule has 2 fully saturated rings. The Balaban J connectivity index is 1.59. The van der Waals surface area contributed by atoms with Crippen LogP contribution in [0.4, 0.5) is 30.6 Å². The number of para-hydroxylation sites is 1. The maximum Gasteiger partial charge on any atom is 0.410 e. The van der Waals surface area contributed by atoms with Crippen LogP contribution < -0.4 is 26.0 Å². The maximum atomic E-state index is 14.3. The van der Waals surface area contributed by atoms with Gasteiger partial charge >= 0.3 is 24.4 Å². The smallest absolute Gasteiger partial charge is 0.410 e. The van der Waals surface area contributed by atoms with Crippen molar-refractivity contribution in [3.05, 3.63) is 86.2 Å². The largest absolute Gasteiger partial charge is 0.491 e. The predicted octanol–water partition coefficient (Wildman–Crippen LogP) is 2.87. The van der Waals surface area contributed by atoms with Gasteiger partial charge in [0.25, 0.3) is 11.4 Å². The lowest BCUT2D eigenvalue weighted by Crippen LogP contribution is -2.71. The van der Waals surface area contributed by atoms with E-state index < -0.39 is 176 Å². The summed E-state index contributed by atoms with van der Waals surface area (Å²) < 4.78 is 71.6. The number of alkyl carbamates (subject to hydrolysis) is 3. The zero-order chi connectivity index (χ0) is 62.2. The van der Waals surface area contributed by atoms with Crippen molar-refractivity contribution in [2.45, 2.75) is 183 Å². The molecule has 1 saturated carbocycles. The summed E-state index contributed by atoms with van der Waals surface area (Å²) >= 11 is 0. The van der Waals surface area contributed by atoms with E-state index in [-0.39, 0.29) is 31.0 Å². The number of aliphatic hydroxyl groups excluding tert-OH is 3. The number of hydrogen-bond donors (Lipinski definition) is 9. The molecule has 1 unspecified atom stereocenters. The molecule has 462 valence electrons. The summed E-state index contributed by atoms with van der Waals surface area (Å²) in [6.45, 7) is 13.8. The van der Waals surface area contributed by atoms with Crippen molar-refractivity contribution in [3.63, 3.8) is 0 Å². The Morgan fingerprint density at radius 3 is 2.04 bits per heavy atom. The first-order chi connectivity index (χ1) is 38.4. The number of likely N-dealkylation sites (N-methyl/N-ethyl adjacent to an activating group) is 1. The Morgan fingerprint density at radius 2 is 1.43 bits per heavy atom. The van der Waals surface area contributed by atoms with Crippen LogP contribution in [0.1, 0.15) is 94.1 Å². The van der Waals surface area contributed by atoms with E-state index in [1.54, 1.807) is 62.3 Å². The molecule has 30 nitrogen and oxygen atoms in total. The van der Waals surface area contributed by atoms with Crippen molar-refractivity contribution >= 4 is 51.7 Å². The molecule has 31 heteroatoms. The molecule has 1 aliphatic carbocycles. The molecule has 0 radical (unpaired) electrons. The van der Waals surface area contributed by atoms with E-state index in [1.807, 2.05) is 0 Å². The maximum absolute atomic E-state index is 14.3. The van der Waals surface area contributed by atoms with Crippen molar-refractivity contribution in [1.29, 1.82) is 0 Å². The van der Waals surface area contributed by atoms with Crippen LogP contribution in [0.15, 0.2) is 65.3 Å². The minimum atomic E-state index is -4.91. The summed E-state index contributed by atoms with van der Waals surface area (Å²) in [7, 11) is -3.67. The molecule has 12 atom stereocenters. The molecule has 3 aliphatic rings. The number of ether oxygens (including phenoxy) is 7. The fraction of sp³-hybridized carbons (Fsp3) is 0.635. The van der Waals surface area contributed by atoms with Crippen molar-refractivity contribution in [2.24, 2.45) is 5.92 Å². The second-order valence-corrected chi connectivity index (χ2v) is 25.0. The monoisotopic (exact) mass is 1200 g/mol. The van der Waals surface area contributed by atoms with E-state index in [9.17, 15) is 73.0 Å². The molecule has 0 aromatic heterocycles. The van der Waals surface area contributed by atoms with E-state index in [4.69, 9.17) is 33.2 Å². The fourth-order valence-electron chi connectivity index (χ4n) is 9.41. The summed E-state index contributed by atoms with van der Waals surface area (Å²) in [5.41, 5.74) is -5.68. The van der Waals surface area contributed by atoms with Crippen molar-refractivity contribution < 1.29 is 95.8 Å². The molecule has 2 aromatic rings. The quantitative estimate of drug-likeness (QED) is 0.0554. The van der Waals surface area contributed by atoms with Gasteiger partial charge in [0.2, 0.25) is 15.9 Å². The SMILES string of the molecule is CN(C(=O)OC(C)(C)C)[C@@H]1[C@@H](O)[C@@H](O[C@@H]2[C@@H](O)[C@H](C3OC(CNC(=O)OCc4ccc([N+](=O)[O-])cc4)=CC[C@H]3NS(=O)(=O)c3ccccc3[N+](=O)[O-])[C@@H](NC(=O)OC(C)(C)C)C[C@H]2NC(=O)[C@@H](O)CCNC(=O)OC(C)(C)C)OC[C@]1(C)O. The number of benzene rings is 2. The number of rotatable bonds is 19. The molecule has 2 heterocycles. The number of hydrogen-bond acceptors (Lipinski definition) is 22. The minimum Gasteiger partial charge on any atom is -0.491 e. The van der Waals surface area contributed by atoms with Crippen molar-refractivity contribution in [2.75, 3.05) is 26.7 Å². The second kappa shape index (κ2) is 27.1. The number of non-ortho nitro benzene ring substituents is 1. The summed E-state index contributed by atoms with van der Waals surface area (Å²) in [6, 6.07) is 3.52. The number of nitro benzene ring substituents is 2.